The van der Waals surface area contributed by atoms with Crippen LogP contribution in [0.3, 0.4) is 0 Å². The topological polar surface area (TPSA) is 26.0 Å². The van der Waals surface area contributed by atoms with Gasteiger partial charge in [-0.2, -0.15) is 0 Å². The summed E-state index contributed by atoms with van der Waals surface area (Å²) in [5.74, 6) is -0.845. The molecule has 0 atom stereocenters. The summed E-state index contributed by atoms with van der Waals surface area (Å²) in [7, 11) is 0. The van der Waals surface area contributed by atoms with Crippen LogP contribution in [-0.4, -0.2) is 6.54 Å². The Morgan fingerprint density at radius 3 is 2.58 bits per heavy atom. The molecule has 0 aliphatic rings. The highest BCUT2D eigenvalue weighted by Crippen LogP contribution is 2.33. The van der Waals surface area contributed by atoms with E-state index in [1.807, 2.05) is 25.1 Å². The Morgan fingerprint density at radius 1 is 1.05 bits per heavy atom. The third kappa shape index (κ3) is 3.55. The zero-order chi connectivity index (χ0) is 13.8. The summed E-state index contributed by atoms with van der Waals surface area (Å²) < 4.78 is 26.8. The van der Waals surface area contributed by atoms with Crippen LogP contribution < -0.4 is 5.73 Å². The molecule has 0 saturated heterocycles. The van der Waals surface area contributed by atoms with Gasteiger partial charge in [-0.1, -0.05) is 29.5 Å². The predicted octanol–water partition coefficient (Wildman–Crippen LogP) is 3.93. The largest absolute Gasteiger partial charge is 0.330 e. The Bertz CT molecular complexity index is 584. The van der Waals surface area contributed by atoms with E-state index in [-0.39, 0.29) is 0 Å². The van der Waals surface area contributed by atoms with Crippen molar-refractivity contribution in [3.05, 3.63) is 59.2 Å². The fraction of sp³-hybridized carbons (Fsp3) is 0.200. The fourth-order valence-corrected chi connectivity index (χ4v) is 2.83. The van der Waals surface area contributed by atoms with Gasteiger partial charge in [0.1, 0.15) is 11.6 Å². The highest BCUT2D eigenvalue weighted by molar-refractivity contribution is 7.99. The van der Waals surface area contributed by atoms with Crippen LogP contribution in [0, 0.1) is 18.6 Å². The lowest BCUT2D eigenvalue weighted by Gasteiger charge is -2.10. The molecule has 1 nitrogen and oxygen atoms in total. The molecule has 0 spiro atoms. The first-order valence-corrected chi connectivity index (χ1v) is 6.84. The van der Waals surface area contributed by atoms with Crippen LogP contribution in [-0.2, 0) is 6.42 Å². The number of halogens is 2. The van der Waals surface area contributed by atoms with E-state index in [2.05, 4.69) is 0 Å². The van der Waals surface area contributed by atoms with Gasteiger partial charge < -0.3 is 5.73 Å². The van der Waals surface area contributed by atoms with Crippen molar-refractivity contribution in [3.8, 4) is 0 Å². The second-order valence-corrected chi connectivity index (χ2v) is 5.41. The average Bonchev–Trinajstić information content (AvgIpc) is 2.37. The summed E-state index contributed by atoms with van der Waals surface area (Å²) in [6, 6.07) is 9.40. The van der Waals surface area contributed by atoms with Gasteiger partial charge in [0, 0.05) is 4.90 Å². The van der Waals surface area contributed by atoms with Crippen LogP contribution in [0.4, 0.5) is 8.78 Å². The summed E-state index contributed by atoms with van der Waals surface area (Å²) in [6.07, 6.45) is 0.723. The number of rotatable bonds is 4. The normalized spacial score (nSPS) is 10.7. The molecule has 2 aromatic carbocycles. The first kappa shape index (κ1) is 14.0. The van der Waals surface area contributed by atoms with E-state index in [1.54, 1.807) is 0 Å². The lowest BCUT2D eigenvalue weighted by Crippen LogP contribution is -2.04. The van der Waals surface area contributed by atoms with Crippen LogP contribution in [0.1, 0.15) is 11.1 Å². The summed E-state index contributed by atoms with van der Waals surface area (Å²) in [5.41, 5.74) is 7.78. The van der Waals surface area contributed by atoms with Gasteiger partial charge in [0.25, 0.3) is 0 Å². The summed E-state index contributed by atoms with van der Waals surface area (Å²) >= 11 is 1.23. The van der Waals surface area contributed by atoms with Gasteiger partial charge in [-0.3, -0.25) is 0 Å². The summed E-state index contributed by atoms with van der Waals surface area (Å²) in [5, 5.41) is 0. The van der Waals surface area contributed by atoms with Crippen molar-refractivity contribution in [3.63, 3.8) is 0 Å². The van der Waals surface area contributed by atoms with Crippen LogP contribution >= 0.6 is 11.8 Å². The monoisotopic (exact) mass is 279 g/mol. The van der Waals surface area contributed by atoms with Crippen LogP contribution in [0.5, 0.6) is 0 Å². The quantitative estimate of drug-likeness (QED) is 0.917. The van der Waals surface area contributed by atoms with Crippen LogP contribution in [0.25, 0.3) is 0 Å². The second-order valence-electron chi connectivity index (χ2n) is 4.33. The fourth-order valence-electron chi connectivity index (χ4n) is 1.83. The number of hydrogen-bond acceptors (Lipinski definition) is 2. The minimum Gasteiger partial charge on any atom is -0.330 e. The molecule has 0 amide bonds. The van der Waals surface area contributed by atoms with E-state index < -0.39 is 11.6 Å². The number of aryl methyl sites for hydroxylation is 1. The average molecular weight is 279 g/mol. The number of benzene rings is 2. The van der Waals surface area contributed by atoms with E-state index in [1.165, 1.54) is 17.8 Å². The van der Waals surface area contributed by atoms with Crippen molar-refractivity contribution in [2.45, 2.75) is 23.1 Å². The molecule has 0 aliphatic heterocycles. The van der Waals surface area contributed by atoms with E-state index in [0.29, 0.717) is 11.4 Å². The van der Waals surface area contributed by atoms with Gasteiger partial charge in [-0.15, -0.1) is 0 Å². The molecule has 0 radical (unpaired) electrons. The maximum atomic E-state index is 13.6. The van der Waals surface area contributed by atoms with Crippen molar-refractivity contribution in [1.29, 1.82) is 0 Å². The van der Waals surface area contributed by atoms with Crippen LogP contribution in [0.2, 0.25) is 0 Å². The molecule has 4 heteroatoms. The Hall–Kier alpha value is -1.39. The first-order valence-electron chi connectivity index (χ1n) is 6.02. The number of hydrogen-bond donors (Lipinski definition) is 1. The van der Waals surface area contributed by atoms with Gasteiger partial charge >= 0.3 is 0 Å². The van der Waals surface area contributed by atoms with E-state index in [0.717, 1.165) is 34.6 Å². The maximum Gasteiger partial charge on any atom is 0.137 e. The Morgan fingerprint density at radius 2 is 1.84 bits per heavy atom. The molecule has 0 saturated carbocycles. The molecule has 2 rings (SSSR count). The van der Waals surface area contributed by atoms with Gasteiger partial charge in [-0.05, 0) is 49.7 Å². The predicted molar refractivity (Wildman–Crippen MR) is 74.4 cm³/mol. The van der Waals surface area contributed by atoms with Crippen molar-refractivity contribution in [2.75, 3.05) is 6.54 Å². The Balaban J connectivity index is 2.34. The highest BCUT2D eigenvalue weighted by atomic mass is 32.2. The molecule has 100 valence electrons. The van der Waals surface area contributed by atoms with Gasteiger partial charge in [0.05, 0.1) is 4.90 Å². The third-order valence-electron chi connectivity index (χ3n) is 2.74. The molecular weight excluding hydrogens is 264 g/mol. The first-order chi connectivity index (χ1) is 9.10. The minimum absolute atomic E-state index is 0.294. The molecule has 0 heterocycles. The third-order valence-corrected chi connectivity index (χ3v) is 3.89. The molecule has 0 fully saturated rings. The van der Waals surface area contributed by atoms with E-state index >= 15 is 0 Å². The zero-order valence-electron chi connectivity index (χ0n) is 10.6. The van der Waals surface area contributed by atoms with E-state index in [4.69, 9.17) is 5.73 Å². The van der Waals surface area contributed by atoms with Crippen molar-refractivity contribution < 1.29 is 8.78 Å². The van der Waals surface area contributed by atoms with Gasteiger partial charge in [-0.25, -0.2) is 8.78 Å². The lowest BCUT2D eigenvalue weighted by atomic mass is 10.1. The van der Waals surface area contributed by atoms with Crippen molar-refractivity contribution in [1.82, 2.24) is 0 Å². The van der Waals surface area contributed by atoms with Crippen molar-refractivity contribution in [2.24, 2.45) is 5.73 Å². The standard InChI is InChI=1S/C15H15F2NS/c1-10-2-5-14(11(8-10)6-7-18)19-15-9-12(16)3-4-13(15)17/h2-5,8-9H,6-7,18H2,1H3. The van der Waals surface area contributed by atoms with Gasteiger partial charge in [0.15, 0.2) is 0 Å². The molecule has 2 N–H and O–H groups in total. The second kappa shape index (κ2) is 6.17. The van der Waals surface area contributed by atoms with E-state index in [9.17, 15) is 8.78 Å². The maximum absolute atomic E-state index is 13.6. The molecule has 0 aromatic heterocycles. The zero-order valence-corrected chi connectivity index (χ0v) is 11.4. The molecule has 0 bridgehead atoms. The summed E-state index contributed by atoms with van der Waals surface area (Å²) in [6.45, 7) is 2.53. The molecule has 2 aromatic rings. The molecule has 0 aliphatic carbocycles. The SMILES string of the molecule is Cc1ccc(Sc2cc(F)ccc2F)c(CCN)c1. The summed E-state index contributed by atoms with van der Waals surface area (Å²) in [4.78, 5) is 1.21. The smallest absolute Gasteiger partial charge is 0.137 e. The van der Waals surface area contributed by atoms with Crippen LogP contribution in [0.15, 0.2) is 46.2 Å². The Kier molecular flexibility index (Phi) is 4.56. The molecule has 0 unspecified atom stereocenters. The Labute approximate surface area is 115 Å². The number of nitrogens with two attached hydrogens (primary N) is 1. The van der Waals surface area contributed by atoms with Crippen molar-refractivity contribution >= 4 is 11.8 Å². The minimum atomic E-state index is -0.434. The molecular formula is C15H15F2NS. The lowest BCUT2D eigenvalue weighted by molar-refractivity contribution is 0.577. The van der Waals surface area contributed by atoms with Gasteiger partial charge in [0.2, 0.25) is 0 Å². The molecule has 19 heavy (non-hydrogen) atoms. The highest BCUT2D eigenvalue weighted by Gasteiger charge is 2.09.